The summed E-state index contributed by atoms with van der Waals surface area (Å²) in [4.78, 5) is 4.23. The quantitative estimate of drug-likeness (QED) is 0.716. The lowest BCUT2D eigenvalue weighted by atomic mass is 9.64. The van der Waals surface area contributed by atoms with E-state index in [0.29, 0.717) is 6.42 Å². The summed E-state index contributed by atoms with van der Waals surface area (Å²) in [5.74, 6) is 0.209. The van der Waals surface area contributed by atoms with Gasteiger partial charge in [0.05, 0.1) is 5.60 Å². The minimum absolute atomic E-state index is 0.105. The number of anilines is 2. The molecule has 1 heterocycles. The lowest BCUT2D eigenvalue weighted by Gasteiger charge is -2.49. The Bertz CT molecular complexity index is 778. The molecule has 2 aromatic carbocycles. The third-order valence-corrected chi connectivity index (χ3v) is 7.13. The van der Waals surface area contributed by atoms with Crippen LogP contribution in [0, 0.1) is 11.8 Å². The van der Waals surface area contributed by atoms with E-state index in [1.165, 1.54) is 22.5 Å². The van der Waals surface area contributed by atoms with Crippen molar-refractivity contribution in [2.45, 2.75) is 38.0 Å². The molecule has 0 aliphatic carbocycles. The van der Waals surface area contributed by atoms with Gasteiger partial charge in [-0.1, -0.05) is 44.2 Å². The summed E-state index contributed by atoms with van der Waals surface area (Å²) in [7, 11) is 8.23. The number of nitrogens with zero attached hydrogens (tertiary/aromatic N) is 2. The molecule has 0 aromatic heterocycles. The number of hydrogen-bond donors (Lipinski definition) is 2. The third-order valence-electron chi connectivity index (χ3n) is 7.13. The Labute approximate surface area is 182 Å². The van der Waals surface area contributed by atoms with Crippen LogP contribution >= 0.6 is 0 Å². The number of hydrogen-bond acceptors (Lipinski definition) is 3. The van der Waals surface area contributed by atoms with Crippen molar-refractivity contribution in [1.82, 2.24) is 0 Å². The SMILES string of the molecule is C=CCC1(O)[C@H](C)[C@@H](c2ccc(N(C)C)cc2)[NH2+][C@H](c2ccc(N(C)C)cc2)[C@@H]1C. The zero-order chi connectivity index (χ0) is 22.1. The van der Waals surface area contributed by atoms with E-state index in [4.69, 9.17) is 0 Å². The molecule has 0 saturated carbocycles. The summed E-state index contributed by atoms with van der Waals surface area (Å²) in [5, 5.41) is 14.3. The summed E-state index contributed by atoms with van der Waals surface area (Å²) < 4.78 is 0. The molecule has 4 heteroatoms. The Balaban J connectivity index is 1.99. The molecule has 0 bridgehead atoms. The Morgan fingerprint density at radius 2 is 1.20 bits per heavy atom. The van der Waals surface area contributed by atoms with Crippen molar-refractivity contribution in [1.29, 1.82) is 0 Å². The first-order valence-corrected chi connectivity index (χ1v) is 10.9. The van der Waals surface area contributed by atoms with Gasteiger partial charge in [-0.15, -0.1) is 6.58 Å². The third kappa shape index (κ3) is 4.12. The van der Waals surface area contributed by atoms with E-state index in [1.54, 1.807) is 0 Å². The molecule has 162 valence electrons. The molecule has 5 atom stereocenters. The first-order chi connectivity index (χ1) is 14.2. The van der Waals surface area contributed by atoms with E-state index in [-0.39, 0.29) is 23.9 Å². The Morgan fingerprint density at radius 1 is 0.833 bits per heavy atom. The highest BCUT2D eigenvalue weighted by Gasteiger charge is 2.53. The van der Waals surface area contributed by atoms with Crippen molar-refractivity contribution in [2.24, 2.45) is 11.8 Å². The molecule has 3 N–H and O–H groups in total. The van der Waals surface area contributed by atoms with Gasteiger partial charge in [0.25, 0.3) is 0 Å². The fourth-order valence-electron chi connectivity index (χ4n) is 4.99. The maximum absolute atomic E-state index is 11.8. The molecule has 2 aromatic rings. The normalized spacial score (nSPS) is 28.8. The first-order valence-electron chi connectivity index (χ1n) is 10.9. The van der Waals surface area contributed by atoms with E-state index in [0.717, 1.165) is 0 Å². The van der Waals surface area contributed by atoms with Crippen LogP contribution in [0.25, 0.3) is 0 Å². The Kier molecular flexibility index (Phi) is 6.59. The predicted molar refractivity (Wildman–Crippen MR) is 127 cm³/mol. The van der Waals surface area contributed by atoms with E-state index >= 15 is 0 Å². The summed E-state index contributed by atoms with van der Waals surface area (Å²) in [6.07, 6.45) is 2.47. The monoisotopic (exact) mass is 408 g/mol. The zero-order valence-electron chi connectivity index (χ0n) is 19.3. The second-order valence-corrected chi connectivity index (χ2v) is 9.28. The van der Waals surface area contributed by atoms with E-state index < -0.39 is 5.60 Å². The van der Waals surface area contributed by atoms with Crippen LogP contribution < -0.4 is 15.1 Å². The van der Waals surface area contributed by atoms with Crippen LogP contribution in [0.4, 0.5) is 11.4 Å². The van der Waals surface area contributed by atoms with Crippen molar-refractivity contribution >= 4 is 11.4 Å². The smallest absolute Gasteiger partial charge is 0.117 e. The van der Waals surface area contributed by atoms with Crippen molar-refractivity contribution in [3.8, 4) is 0 Å². The number of aliphatic hydroxyl groups is 1. The standard InChI is InChI=1S/C26H37N3O/c1-8-17-26(30)18(2)24(20-9-13-22(14-10-20)28(4)5)27-25(19(26)3)21-11-15-23(16-12-21)29(6)7/h8-16,18-19,24-25,27,30H,1,17H2,2-7H3/p+1/t18-,19+,24-,25-,26?/m0/s1. The van der Waals surface area contributed by atoms with Crippen LogP contribution in [0.5, 0.6) is 0 Å². The van der Waals surface area contributed by atoms with Crippen LogP contribution in [0.3, 0.4) is 0 Å². The van der Waals surface area contributed by atoms with Crippen molar-refractivity contribution in [3.63, 3.8) is 0 Å². The fraction of sp³-hybridized carbons (Fsp3) is 0.462. The van der Waals surface area contributed by atoms with Crippen LogP contribution in [-0.2, 0) is 0 Å². The Morgan fingerprint density at radius 3 is 1.50 bits per heavy atom. The average molecular weight is 409 g/mol. The minimum Gasteiger partial charge on any atom is -0.388 e. The maximum Gasteiger partial charge on any atom is 0.117 e. The molecular formula is C26H38N3O+. The van der Waals surface area contributed by atoms with Crippen molar-refractivity contribution in [3.05, 3.63) is 72.3 Å². The molecule has 0 spiro atoms. The molecular weight excluding hydrogens is 370 g/mol. The van der Waals surface area contributed by atoms with Crippen molar-refractivity contribution in [2.75, 3.05) is 38.0 Å². The topological polar surface area (TPSA) is 43.3 Å². The van der Waals surface area contributed by atoms with Crippen molar-refractivity contribution < 1.29 is 10.4 Å². The van der Waals surface area contributed by atoms with E-state index in [2.05, 4.69) is 112 Å². The van der Waals surface area contributed by atoms with Crippen LogP contribution in [0.15, 0.2) is 61.2 Å². The molecule has 1 aliphatic rings. The van der Waals surface area contributed by atoms with Gasteiger partial charge in [0.1, 0.15) is 12.1 Å². The van der Waals surface area contributed by atoms with Gasteiger partial charge >= 0.3 is 0 Å². The first kappa shape index (κ1) is 22.4. The molecule has 30 heavy (non-hydrogen) atoms. The minimum atomic E-state index is -0.799. The summed E-state index contributed by atoms with van der Waals surface area (Å²) in [6, 6.07) is 17.9. The number of quaternary nitrogens is 1. The Hall–Kier alpha value is -2.30. The largest absolute Gasteiger partial charge is 0.388 e. The predicted octanol–water partition coefficient (Wildman–Crippen LogP) is 3.76. The highest BCUT2D eigenvalue weighted by molar-refractivity contribution is 5.47. The molecule has 3 rings (SSSR count). The van der Waals surface area contributed by atoms with Gasteiger partial charge in [-0.3, -0.25) is 0 Å². The van der Waals surface area contributed by atoms with E-state index in [9.17, 15) is 5.11 Å². The second-order valence-electron chi connectivity index (χ2n) is 9.28. The van der Waals surface area contributed by atoms with E-state index in [1.807, 2.05) is 6.08 Å². The molecule has 1 aliphatic heterocycles. The molecule has 1 saturated heterocycles. The van der Waals surface area contributed by atoms with Gasteiger partial charge in [0, 0.05) is 62.5 Å². The number of nitrogens with two attached hydrogens (primary N) is 1. The van der Waals surface area contributed by atoms with Gasteiger partial charge in [0.2, 0.25) is 0 Å². The van der Waals surface area contributed by atoms with Crippen LogP contribution in [0.2, 0.25) is 0 Å². The number of piperidine rings is 1. The fourth-order valence-corrected chi connectivity index (χ4v) is 4.99. The highest BCUT2D eigenvalue weighted by Crippen LogP contribution is 2.44. The lowest BCUT2D eigenvalue weighted by molar-refractivity contribution is -0.764. The van der Waals surface area contributed by atoms with Gasteiger partial charge in [-0.25, -0.2) is 0 Å². The van der Waals surface area contributed by atoms with Gasteiger partial charge < -0.3 is 20.2 Å². The molecule has 0 amide bonds. The summed E-state index contributed by atoms with van der Waals surface area (Å²) in [5.41, 5.74) is 4.10. The van der Waals surface area contributed by atoms with Crippen LogP contribution in [0.1, 0.15) is 43.5 Å². The number of rotatable bonds is 6. The lowest BCUT2D eigenvalue weighted by Crippen LogP contribution is -2.93. The van der Waals surface area contributed by atoms with Crippen LogP contribution in [-0.4, -0.2) is 38.9 Å². The summed E-state index contributed by atoms with van der Waals surface area (Å²) >= 11 is 0. The second kappa shape index (κ2) is 8.83. The molecule has 1 unspecified atom stereocenters. The van der Waals surface area contributed by atoms with Gasteiger partial charge in [0.15, 0.2) is 0 Å². The average Bonchev–Trinajstić information content (AvgIpc) is 2.73. The number of benzene rings is 2. The molecule has 0 radical (unpaired) electrons. The molecule has 1 fully saturated rings. The maximum atomic E-state index is 11.8. The van der Waals surface area contributed by atoms with Gasteiger partial charge in [-0.05, 0) is 30.7 Å². The van der Waals surface area contributed by atoms with Gasteiger partial charge in [-0.2, -0.15) is 0 Å². The molecule has 4 nitrogen and oxygen atoms in total. The zero-order valence-corrected chi connectivity index (χ0v) is 19.3. The highest BCUT2D eigenvalue weighted by atomic mass is 16.3. The summed E-state index contributed by atoms with van der Waals surface area (Å²) in [6.45, 7) is 8.32.